The third-order valence-electron chi connectivity index (χ3n) is 2.60. The van der Waals surface area contributed by atoms with E-state index in [0.717, 1.165) is 25.3 Å². The summed E-state index contributed by atoms with van der Waals surface area (Å²) >= 11 is 0. The topological polar surface area (TPSA) is 99.1 Å². The van der Waals surface area contributed by atoms with Crippen molar-refractivity contribution in [2.75, 3.05) is 19.8 Å². The molecule has 0 radical (unpaired) electrons. The highest BCUT2D eigenvalue weighted by atomic mass is 16.6. The van der Waals surface area contributed by atoms with Crippen LogP contribution in [-0.4, -0.2) is 48.9 Å². The molecule has 0 saturated heterocycles. The van der Waals surface area contributed by atoms with Crippen LogP contribution in [0.15, 0.2) is 12.2 Å². The molecule has 1 N–H and O–H groups in total. The van der Waals surface area contributed by atoms with E-state index in [1.165, 1.54) is 13.3 Å². The molecule has 0 aliphatic heterocycles. The van der Waals surface area contributed by atoms with Crippen LogP contribution >= 0.6 is 0 Å². The number of carbonyl (C=O) groups excluding carboxylic acids is 2. The summed E-state index contributed by atoms with van der Waals surface area (Å²) in [4.78, 5) is 32.9. The average molecular weight is 316 g/mol. The van der Waals surface area contributed by atoms with Crippen molar-refractivity contribution in [3.8, 4) is 0 Å². The van der Waals surface area contributed by atoms with E-state index < -0.39 is 24.0 Å². The number of esters is 2. The fourth-order valence-corrected chi connectivity index (χ4v) is 1.45. The summed E-state index contributed by atoms with van der Waals surface area (Å²) in [6, 6.07) is 0. The van der Waals surface area contributed by atoms with Gasteiger partial charge < -0.3 is 19.3 Å². The smallest absolute Gasteiger partial charge is 0.347 e. The maximum Gasteiger partial charge on any atom is 0.347 e. The SMILES string of the molecule is CCCCCCOCCOC(=O)C(C)OC(=O)/C=C/C(=O)O. The molecule has 0 amide bonds. The van der Waals surface area contributed by atoms with E-state index in [2.05, 4.69) is 11.7 Å². The van der Waals surface area contributed by atoms with Gasteiger partial charge in [0.15, 0.2) is 6.10 Å². The van der Waals surface area contributed by atoms with E-state index in [0.29, 0.717) is 12.7 Å². The summed E-state index contributed by atoms with van der Waals surface area (Å²) in [6.07, 6.45) is 4.69. The van der Waals surface area contributed by atoms with Crippen molar-refractivity contribution in [1.29, 1.82) is 0 Å². The fourth-order valence-electron chi connectivity index (χ4n) is 1.45. The lowest BCUT2D eigenvalue weighted by Crippen LogP contribution is -2.26. The predicted molar refractivity (Wildman–Crippen MR) is 78.2 cm³/mol. The highest BCUT2D eigenvalue weighted by Gasteiger charge is 2.18. The molecule has 0 rings (SSSR count). The number of aliphatic carboxylic acids is 1. The van der Waals surface area contributed by atoms with Crippen LogP contribution in [0.3, 0.4) is 0 Å². The Hall–Kier alpha value is -1.89. The van der Waals surface area contributed by atoms with Gasteiger partial charge in [0, 0.05) is 18.8 Å². The lowest BCUT2D eigenvalue weighted by atomic mass is 10.2. The van der Waals surface area contributed by atoms with Crippen molar-refractivity contribution in [3.63, 3.8) is 0 Å². The number of unbranched alkanes of at least 4 members (excludes halogenated alkanes) is 3. The summed E-state index contributed by atoms with van der Waals surface area (Å²) in [5.41, 5.74) is 0. The van der Waals surface area contributed by atoms with Crippen molar-refractivity contribution in [2.24, 2.45) is 0 Å². The molecular weight excluding hydrogens is 292 g/mol. The highest BCUT2D eigenvalue weighted by molar-refractivity contribution is 5.91. The number of carboxylic acids is 1. The molecule has 0 aliphatic carbocycles. The minimum absolute atomic E-state index is 0.0828. The number of carbonyl (C=O) groups is 3. The second-order valence-electron chi connectivity index (χ2n) is 4.59. The third kappa shape index (κ3) is 11.9. The third-order valence-corrected chi connectivity index (χ3v) is 2.60. The standard InChI is InChI=1S/C15H24O7/c1-3-4-5-6-9-20-10-11-21-15(19)12(2)22-14(18)8-7-13(16)17/h7-8,12H,3-6,9-11H2,1-2H3,(H,16,17)/b8-7+. The first-order valence-corrected chi connectivity index (χ1v) is 7.33. The van der Waals surface area contributed by atoms with Gasteiger partial charge >= 0.3 is 17.9 Å². The van der Waals surface area contributed by atoms with Crippen molar-refractivity contribution in [2.45, 2.75) is 45.6 Å². The molecule has 0 fully saturated rings. The van der Waals surface area contributed by atoms with Gasteiger partial charge in [-0.05, 0) is 13.3 Å². The molecule has 22 heavy (non-hydrogen) atoms. The Morgan fingerprint density at radius 2 is 1.77 bits per heavy atom. The van der Waals surface area contributed by atoms with E-state index >= 15 is 0 Å². The van der Waals surface area contributed by atoms with Gasteiger partial charge in [-0.2, -0.15) is 0 Å². The maximum absolute atomic E-state index is 11.5. The van der Waals surface area contributed by atoms with Gasteiger partial charge in [0.25, 0.3) is 0 Å². The number of hydrogen-bond donors (Lipinski definition) is 1. The molecule has 7 nitrogen and oxygen atoms in total. The van der Waals surface area contributed by atoms with Gasteiger partial charge in [0.1, 0.15) is 6.61 Å². The quantitative estimate of drug-likeness (QED) is 0.332. The fraction of sp³-hybridized carbons (Fsp3) is 0.667. The molecule has 0 aliphatic rings. The van der Waals surface area contributed by atoms with E-state index in [1.807, 2.05) is 0 Å². The van der Waals surface area contributed by atoms with E-state index in [1.54, 1.807) is 0 Å². The molecule has 1 unspecified atom stereocenters. The van der Waals surface area contributed by atoms with Gasteiger partial charge in [-0.3, -0.25) is 0 Å². The molecule has 126 valence electrons. The largest absolute Gasteiger partial charge is 0.478 e. The van der Waals surface area contributed by atoms with Gasteiger partial charge in [0.05, 0.1) is 6.61 Å². The number of carboxylic acid groups (broad SMARTS) is 1. The lowest BCUT2D eigenvalue weighted by Gasteiger charge is -2.11. The molecule has 0 aromatic carbocycles. The van der Waals surface area contributed by atoms with Crippen molar-refractivity contribution in [3.05, 3.63) is 12.2 Å². The molecule has 0 spiro atoms. The first-order chi connectivity index (χ1) is 10.5. The van der Waals surface area contributed by atoms with Gasteiger partial charge in [0.2, 0.25) is 0 Å². The van der Waals surface area contributed by atoms with Crippen LogP contribution in [0.1, 0.15) is 39.5 Å². The van der Waals surface area contributed by atoms with Gasteiger partial charge in [-0.15, -0.1) is 0 Å². The molecule has 1 atom stereocenters. The zero-order chi connectivity index (χ0) is 16.8. The van der Waals surface area contributed by atoms with Crippen LogP contribution in [-0.2, 0) is 28.6 Å². The van der Waals surface area contributed by atoms with Crippen molar-refractivity contribution >= 4 is 17.9 Å². The first kappa shape index (κ1) is 20.1. The minimum atomic E-state index is -1.27. The van der Waals surface area contributed by atoms with Crippen molar-refractivity contribution < 1.29 is 33.7 Å². The highest BCUT2D eigenvalue weighted by Crippen LogP contribution is 1.99. The summed E-state index contributed by atoms with van der Waals surface area (Å²) in [5, 5.41) is 8.34. The van der Waals surface area contributed by atoms with Crippen LogP contribution in [0.5, 0.6) is 0 Å². The van der Waals surface area contributed by atoms with E-state index in [9.17, 15) is 14.4 Å². The Kier molecular flexibility index (Phi) is 11.7. The van der Waals surface area contributed by atoms with E-state index in [-0.39, 0.29) is 13.2 Å². The second kappa shape index (κ2) is 12.8. The molecule has 0 aromatic rings. The van der Waals surface area contributed by atoms with Gasteiger partial charge in [-0.25, -0.2) is 14.4 Å². The van der Waals surface area contributed by atoms with Crippen LogP contribution in [0.4, 0.5) is 0 Å². The monoisotopic (exact) mass is 316 g/mol. The van der Waals surface area contributed by atoms with Crippen LogP contribution < -0.4 is 0 Å². The Morgan fingerprint density at radius 3 is 2.41 bits per heavy atom. The Bertz CT molecular complexity index is 376. The van der Waals surface area contributed by atoms with Gasteiger partial charge in [-0.1, -0.05) is 26.2 Å². The first-order valence-electron chi connectivity index (χ1n) is 7.33. The number of ether oxygens (including phenoxy) is 3. The molecule has 0 saturated carbocycles. The normalized spacial score (nSPS) is 12.1. The van der Waals surface area contributed by atoms with E-state index in [4.69, 9.17) is 14.6 Å². The lowest BCUT2D eigenvalue weighted by molar-refractivity contribution is -0.164. The van der Waals surface area contributed by atoms with Crippen LogP contribution in [0.25, 0.3) is 0 Å². The number of rotatable bonds is 12. The average Bonchev–Trinajstić information content (AvgIpc) is 2.47. The maximum atomic E-state index is 11.5. The Labute approximate surface area is 130 Å². The summed E-state index contributed by atoms with van der Waals surface area (Å²) in [7, 11) is 0. The predicted octanol–water partition coefficient (Wildman–Crippen LogP) is 1.70. The Balaban J connectivity index is 3.70. The summed E-state index contributed by atoms with van der Waals surface area (Å²) < 4.78 is 14.9. The second-order valence-corrected chi connectivity index (χ2v) is 4.59. The summed E-state index contributed by atoms with van der Waals surface area (Å²) in [6.45, 7) is 4.48. The van der Waals surface area contributed by atoms with Crippen LogP contribution in [0.2, 0.25) is 0 Å². The molecule has 0 aromatic heterocycles. The number of hydrogen-bond acceptors (Lipinski definition) is 6. The summed E-state index contributed by atoms with van der Waals surface area (Å²) in [5.74, 6) is -2.89. The molecule has 0 heterocycles. The zero-order valence-electron chi connectivity index (χ0n) is 13.1. The molecule has 0 bridgehead atoms. The Morgan fingerprint density at radius 1 is 1.05 bits per heavy atom. The zero-order valence-corrected chi connectivity index (χ0v) is 13.1. The minimum Gasteiger partial charge on any atom is -0.478 e. The molecule has 7 heteroatoms. The van der Waals surface area contributed by atoms with Crippen molar-refractivity contribution in [1.82, 2.24) is 0 Å². The molecular formula is C15H24O7. The van der Waals surface area contributed by atoms with Crippen LogP contribution in [0, 0.1) is 0 Å².